The van der Waals surface area contributed by atoms with Crippen molar-refractivity contribution in [2.75, 3.05) is 16.4 Å². The van der Waals surface area contributed by atoms with Crippen LogP contribution in [0.1, 0.15) is 0 Å². The molecule has 128 valence electrons. The predicted molar refractivity (Wildman–Crippen MR) is 105 cm³/mol. The van der Waals surface area contributed by atoms with Gasteiger partial charge in [0.1, 0.15) is 0 Å². The second kappa shape index (κ2) is 8.53. The van der Waals surface area contributed by atoms with Crippen molar-refractivity contribution in [1.29, 1.82) is 0 Å². The third-order valence-electron chi connectivity index (χ3n) is 2.98. The zero-order valence-electron chi connectivity index (χ0n) is 12.7. The van der Waals surface area contributed by atoms with Gasteiger partial charge in [0.05, 0.1) is 21.5 Å². The van der Waals surface area contributed by atoms with Crippen molar-refractivity contribution in [3.05, 3.63) is 58.6 Å². The van der Waals surface area contributed by atoms with E-state index >= 15 is 0 Å². The third kappa shape index (κ3) is 5.09. The van der Waals surface area contributed by atoms with E-state index in [9.17, 15) is 4.79 Å². The van der Waals surface area contributed by atoms with Crippen molar-refractivity contribution < 1.29 is 4.79 Å². The number of carbonyl (C=O) groups excluding carboxylic acids is 1. The number of benzene rings is 2. The van der Waals surface area contributed by atoms with Gasteiger partial charge in [0, 0.05) is 5.69 Å². The first kappa shape index (κ1) is 18.0. The van der Waals surface area contributed by atoms with E-state index < -0.39 is 0 Å². The lowest BCUT2D eigenvalue weighted by Gasteiger charge is -2.07. The predicted octanol–water partition coefficient (Wildman–Crippen LogP) is 5.32. The fraction of sp³-hybridized carbons (Fsp3) is 0.0625. The highest BCUT2D eigenvalue weighted by molar-refractivity contribution is 8.01. The minimum absolute atomic E-state index is 0.193. The Hall–Kier alpha value is -1.80. The van der Waals surface area contributed by atoms with Crippen LogP contribution in [0.4, 0.5) is 16.5 Å². The van der Waals surface area contributed by atoms with Gasteiger partial charge >= 0.3 is 0 Å². The summed E-state index contributed by atoms with van der Waals surface area (Å²) in [6, 6.07) is 14.8. The number of aromatic nitrogens is 2. The molecule has 0 spiro atoms. The fourth-order valence-electron chi connectivity index (χ4n) is 1.88. The Morgan fingerprint density at radius 1 is 1.08 bits per heavy atom. The number of rotatable bonds is 6. The van der Waals surface area contributed by atoms with Crippen LogP contribution >= 0.6 is 46.3 Å². The summed E-state index contributed by atoms with van der Waals surface area (Å²) >= 11 is 14.7. The molecule has 0 aliphatic heterocycles. The number of nitrogens with zero attached hydrogens (tertiary/aromatic N) is 2. The molecule has 0 saturated carbocycles. The van der Waals surface area contributed by atoms with E-state index in [1.165, 1.54) is 23.1 Å². The highest BCUT2D eigenvalue weighted by atomic mass is 35.5. The molecule has 9 heteroatoms. The molecule has 0 aliphatic rings. The second-order valence-electron chi connectivity index (χ2n) is 4.80. The van der Waals surface area contributed by atoms with E-state index in [2.05, 4.69) is 20.8 Å². The summed E-state index contributed by atoms with van der Waals surface area (Å²) < 4.78 is 0.700. The molecule has 1 amide bonds. The van der Waals surface area contributed by atoms with Gasteiger partial charge in [-0.3, -0.25) is 4.79 Å². The lowest BCUT2D eigenvalue weighted by Crippen LogP contribution is -2.14. The molecule has 0 fully saturated rings. The molecule has 0 bridgehead atoms. The quantitative estimate of drug-likeness (QED) is 0.538. The summed E-state index contributed by atoms with van der Waals surface area (Å²) in [5, 5.41) is 15.4. The lowest BCUT2D eigenvalue weighted by molar-refractivity contribution is -0.113. The monoisotopic (exact) mass is 410 g/mol. The number of para-hydroxylation sites is 1. The summed E-state index contributed by atoms with van der Waals surface area (Å²) in [6.45, 7) is 0. The number of thioether (sulfide) groups is 1. The molecule has 1 aromatic heterocycles. The van der Waals surface area contributed by atoms with Crippen LogP contribution in [0.15, 0.2) is 52.9 Å². The van der Waals surface area contributed by atoms with Crippen LogP contribution in [0.25, 0.3) is 0 Å². The van der Waals surface area contributed by atoms with Gasteiger partial charge in [-0.2, -0.15) is 0 Å². The molecule has 0 atom stereocenters. The number of amides is 1. The molecule has 0 radical (unpaired) electrons. The van der Waals surface area contributed by atoms with Crippen molar-refractivity contribution >= 4 is 68.7 Å². The number of carbonyl (C=O) groups is 1. The smallest absolute Gasteiger partial charge is 0.234 e. The van der Waals surface area contributed by atoms with Gasteiger partial charge in [0.15, 0.2) is 4.34 Å². The summed E-state index contributed by atoms with van der Waals surface area (Å²) in [5.74, 6) is 0.00458. The number of nitrogens with one attached hydrogen (secondary N) is 2. The van der Waals surface area contributed by atoms with Gasteiger partial charge < -0.3 is 10.6 Å². The highest BCUT2D eigenvalue weighted by Gasteiger charge is 2.11. The molecule has 5 nitrogen and oxygen atoms in total. The molecular formula is C16H12Cl2N4OS2. The Morgan fingerprint density at radius 2 is 1.88 bits per heavy atom. The number of anilines is 3. The summed E-state index contributed by atoms with van der Waals surface area (Å²) in [6.07, 6.45) is 0. The second-order valence-corrected chi connectivity index (χ2v) is 7.79. The van der Waals surface area contributed by atoms with E-state index in [0.29, 0.717) is 25.2 Å². The van der Waals surface area contributed by atoms with Crippen LogP contribution in [0.2, 0.25) is 10.0 Å². The molecule has 3 rings (SSSR count). The minimum Gasteiger partial charge on any atom is -0.330 e. The Bertz CT molecular complexity index is 874. The number of hydrogen-bond donors (Lipinski definition) is 2. The topological polar surface area (TPSA) is 66.9 Å². The van der Waals surface area contributed by atoms with Gasteiger partial charge in [0.2, 0.25) is 11.0 Å². The molecule has 2 N–H and O–H groups in total. The van der Waals surface area contributed by atoms with Crippen LogP contribution in [0.5, 0.6) is 0 Å². The minimum atomic E-state index is -0.193. The molecule has 0 unspecified atom stereocenters. The molecule has 0 aliphatic carbocycles. The molecule has 0 saturated heterocycles. The van der Waals surface area contributed by atoms with E-state index in [4.69, 9.17) is 23.2 Å². The van der Waals surface area contributed by atoms with Crippen molar-refractivity contribution in [2.24, 2.45) is 0 Å². The molecule has 1 heterocycles. The fourth-order valence-corrected chi connectivity index (χ4v) is 3.80. The van der Waals surface area contributed by atoms with E-state index in [1.807, 2.05) is 30.3 Å². The van der Waals surface area contributed by atoms with Gasteiger partial charge in [-0.05, 0) is 24.3 Å². The average molecular weight is 411 g/mol. The maximum atomic E-state index is 12.1. The molecule has 3 aromatic rings. The van der Waals surface area contributed by atoms with Crippen LogP contribution in [-0.2, 0) is 4.79 Å². The standard InChI is InChI=1S/C16H12Cl2N4OS2/c17-11-7-4-8-12(14(11)18)20-13(23)9-24-16-22-21-15(25-16)19-10-5-2-1-3-6-10/h1-8H,9H2,(H,19,21)(H,20,23). The normalized spacial score (nSPS) is 10.5. The van der Waals surface area contributed by atoms with Crippen molar-refractivity contribution in [1.82, 2.24) is 10.2 Å². The Labute approximate surface area is 162 Å². The zero-order valence-corrected chi connectivity index (χ0v) is 15.8. The summed E-state index contributed by atoms with van der Waals surface area (Å²) in [4.78, 5) is 12.1. The molecule has 25 heavy (non-hydrogen) atoms. The first-order valence-corrected chi connectivity index (χ1v) is 9.70. The number of hydrogen-bond acceptors (Lipinski definition) is 6. The largest absolute Gasteiger partial charge is 0.330 e. The van der Waals surface area contributed by atoms with E-state index in [0.717, 1.165) is 5.69 Å². The summed E-state index contributed by atoms with van der Waals surface area (Å²) in [7, 11) is 0. The molecule has 2 aromatic carbocycles. The zero-order chi connectivity index (χ0) is 17.6. The van der Waals surface area contributed by atoms with Crippen molar-refractivity contribution in [3.63, 3.8) is 0 Å². The maximum Gasteiger partial charge on any atom is 0.234 e. The Balaban J connectivity index is 1.53. The van der Waals surface area contributed by atoms with Gasteiger partial charge in [-0.25, -0.2) is 0 Å². The average Bonchev–Trinajstić information content (AvgIpc) is 3.05. The number of halogens is 2. The van der Waals surface area contributed by atoms with Gasteiger partial charge in [0.25, 0.3) is 0 Å². The first-order chi connectivity index (χ1) is 12.1. The maximum absolute atomic E-state index is 12.1. The SMILES string of the molecule is O=C(CSc1nnc(Nc2ccccc2)s1)Nc1cccc(Cl)c1Cl. The van der Waals surface area contributed by atoms with Crippen LogP contribution < -0.4 is 10.6 Å². The van der Waals surface area contributed by atoms with Gasteiger partial charge in [-0.15, -0.1) is 10.2 Å². The highest BCUT2D eigenvalue weighted by Crippen LogP contribution is 2.30. The summed E-state index contributed by atoms with van der Waals surface area (Å²) in [5.41, 5.74) is 1.42. The van der Waals surface area contributed by atoms with E-state index in [1.54, 1.807) is 18.2 Å². The van der Waals surface area contributed by atoms with Gasteiger partial charge in [-0.1, -0.05) is 70.6 Å². The third-order valence-corrected chi connectivity index (χ3v) is 5.77. The Morgan fingerprint density at radius 3 is 2.68 bits per heavy atom. The lowest BCUT2D eigenvalue weighted by atomic mass is 10.3. The van der Waals surface area contributed by atoms with Crippen LogP contribution in [-0.4, -0.2) is 21.9 Å². The molecular weight excluding hydrogens is 399 g/mol. The Kier molecular flexibility index (Phi) is 6.14. The first-order valence-electron chi connectivity index (χ1n) is 7.14. The van der Waals surface area contributed by atoms with Crippen molar-refractivity contribution in [3.8, 4) is 0 Å². The van der Waals surface area contributed by atoms with Crippen LogP contribution in [0, 0.1) is 0 Å². The van der Waals surface area contributed by atoms with Crippen molar-refractivity contribution in [2.45, 2.75) is 4.34 Å². The van der Waals surface area contributed by atoms with Crippen LogP contribution in [0.3, 0.4) is 0 Å². The van der Waals surface area contributed by atoms with E-state index in [-0.39, 0.29) is 11.7 Å².